The number of ketones is 1. The molecule has 0 saturated heterocycles. The molecule has 0 saturated carbocycles. The first-order chi connectivity index (χ1) is 8.06. The van der Waals surface area contributed by atoms with Crippen LogP contribution in [0.5, 0.6) is 0 Å². The summed E-state index contributed by atoms with van der Waals surface area (Å²) < 4.78 is 0.674. The maximum atomic E-state index is 11.8. The number of para-hydroxylation sites is 1. The molecule has 1 aliphatic heterocycles. The molecule has 0 fully saturated rings. The maximum Gasteiger partial charge on any atom is 0.299 e. The average molecular weight is 335 g/mol. The van der Waals surface area contributed by atoms with Gasteiger partial charge in [0.05, 0.1) is 17.8 Å². The van der Waals surface area contributed by atoms with Gasteiger partial charge in [-0.25, -0.2) is 0 Å². The van der Waals surface area contributed by atoms with Crippen LogP contribution in [0.1, 0.15) is 10.4 Å². The quantitative estimate of drug-likeness (QED) is 0.778. The van der Waals surface area contributed by atoms with E-state index in [1.54, 1.807) is 18.2 Å². The highest BCUT2D eigenvalue weighted by molar-refractivity contribution is 9.10. The average Bonchev–Trinajstić information content (AvgIpc) is 2.56. The molecule has 88 valence electrons. The molecule has 0 N–H and O–H groups in total. The van der Waals surface area contributed by atoms with Gasteiger partial charge in [0.1, 0.15) is 0 Å². The number of fused-ring (bicyclic) bond motifs is 1. The summed E-state index contributed by atoms with van der Waals surface area (Å²) in [6, 6.07) is 5.07. The number of halogens is 3. The molecule has 0 bridgehead atoms. The first-order valence-electron chi connectivity index (χ1n) is 4.65. The Morgan fingerprint density at radius 1 is 1.41 bits per heavy atom. The third-order valence-corrected chi connectivity index (χ3v) is 3.61. The minimum Gasteiger partial charge on any atom is -0.298 e. The number of rotatable bonds is 2. The van der Waals surface area contributed by atoms with Crippen molar-refractivity contribution in [2.75, 3.05) is 11.4 Å². The smallest absolute Gasteiger partial charge is 0.298 e. The molecule has 0 aromatic heterocycles. The van der Waals surface area contributed by atoms with Crippen LogP contribution in [0.15, 0.2) is 33.2 Å². The zero-order valence-electron chi connectivity index (χ0n) is 8.41. The normalized spacial score (nSPS) is 15.5. The van der Waals surface area contributed by atoms with E-state index in [9.17, 15) is 9.59 Å². The summed E-state index contributed by atoms with van der Waals surface area (Å²) in [5, 5.41) is 0.288. The van der Waals surface area contributed by atoms with Crippen LogP contribution in [-0.4, -0.2) is 18.2 Å². The Hall–Kier alpha value is -0.840. The molecular formula is C11H6BrCl2NO2. The van der Waals surface area contributed by atoms with E-state index in [1.165, 1.54) is 10.4 Å². The Bertz CT molecular complexity index is 542. The molecule has 1 aromatic carbocycles. The van der Waals surface area contributed by atoms with Crippen molar-refractivity contribution in [1.29, 1.82) is 0 Å². The molecule has 3 nitrogen and oxygen atoms in total. The van der Waals surface area contributed by atoms with Gasteiger partial charge in [-0.3, -0.25) is 14.5 Å². The van der Waals surface area contributed by atoms with Gasteiger partial charge in [-0.15, -0.1) is 0 Å². The highest BCUT2D eigenvalue weighted by Crippen LogP contribution is 2.36. The highest BCUT2D eigenvalue weighted by atomic mass is 79.9. The van der Waals surface area contributed by atoms with Crippen LogP contribution in [0.4, 0.5) is 5.69 Å². The van der Waals surface area contributed by atoms with Crippen LogP contribution < -0.4 is 4.90 Å². The lowest BCUT2D eigenvalue weighted by Crippen LogP contribution is -2.31. The summed E-state index contributed by atoms with van der Waals surface area (Å²) in [4.78, 5) is 24.8. The van der Waals surface area contributed by atoms with Crippen molar-refractivity contribution in [1.82, 2.24) is 0 Å². The minimum absolute atomic E-state index is 0.0885. The van der Waals surface area contributed by atoms with Crippen molar-refractivity contribution in [3.05, 3.63) is 38.8 Å². The molecule has 0 atom stereocenters. The van der Waals surface area contributed by atoms with Crippen LogP contribution in [0.3, 0.4) is 0 Å². The number of carbonyl (C=O) groups excluding carboxylic acids is 2. The standard InChI is InChI=1S/C11H6BrCl2NO2/c12-8-3-1-2-7-9(8)15(5-6(14)4-13)11(17)10(7)16/h1-4H,5H2. The Balaban J connectivity index is 2.50. The van der Waals surface area contributed by atoms with E-state index < -0.39 is 11.7 Å². The lowest BCUT2D eigenvalue weighted by atomic mass is 10.1. The van der Waals surface area contributed by atoms with E-state index in [0.717, 1.165) is 0 Å². The van der Waals surface area contributed by atoms with Crippen molar-refractivity contribution in [3.8, 4) is 0 Å². The molecule has 0 aliphatic carbocycles. The van der Waals surface area contributed by atoms with E-state index in [0.29, 0.717) is 15.7 Å². The first kappa shape index (κ1) is 12.6. The second-order valence-electron chi connectivity index (χ2n) is 3.41. The zero-order valence-corrected chi connectivity index (χ0v) is 11.5. The van der Waals surface area contributed by atoms with Gasteiger partial charge in [-0.05, 0) is 28.1 Å². The second-order valence-corrected chi connectivity index (χ2v) is 4.97. The van der Waals surface area contributed by atoms with E-state index in [4.69, 9.17) is 23.2 Å². The lowest BCUT2D eigenvalue weighted by Gasteiger charge is -2.16. The van der Waals surface area contributed by atoms with Crippen LogP contribution in [0.25, 0.3) is 0 Å². The van der Waals surface area contributed by atoms with Crippen molar-refractivity contribution in [2.24, 2.45) is 0 Å². The second kappa shape index (κ2) is 4.80. The van der Waals surface area contributed by atoms with Crippen LogP contribution in [-0.2, 0) is 4.79 Å². The summed E-state index contributed by atoms with van der Waals surface area (Å²) in [7, 11) is 0. The SMILES string of the molecule is O=C1C(=O)N(CC(Cl)=CCl)c2c(Br)cccc21. The third kappa shape index (κ3) is 2.12. The minimum atomic E-state index is -0.594. The number of carbonyl (C=O) groups is 2. The molecule has 1 aromatic rings. The fraction of sp³-hybridized carbons (Fsp3) is 0.0909. The number of amides is 1. The largest absolute Gasteiger partial charge is 0.299 e. The topological polar surface area (TPSA) is 37.4 Å². The fourth-order valence-corrected chi connectivity index (χ4v) is 2.42. The summed E-state index contributed by atoms with van der Waals surface area (Å²) in [5.74, 6) is -1.12. The van der Waals surface area contributed by atoms with Gasteiger partial charge in [0.15, 0.2) is 0 Å². The first-order valence-corrected chi connectivity index (χ1v) is 6.26. The third-order valence-electron chi connectivity index (χ3n) is 2.37. The van der Waals surface area contributed by atoms with Crippen molar-refractivity contribution >= 4 is 56.5 Å². The number of nitrogens with zero attached hydrogens (tertiary/aromatic N) is 1. The van der Waals surface area contributed by atoms with E-state index in [1.807, 2.05) is 0 Å². The van der Waals surface area contributed by atoms with Gasteiger partial charge in [-0.2, -0.15) is 0 Å². The monoisotopic (exact) mass is 333 g/mol. The predicted octanol–water partition coefficient (Wildman–Crippen LogP) is 3.30. The Morgan fingerprint density at radius 3 is 2.76 bits per heavy atom. The molecule has 1 aliphatic rings. The molecule has 17 heavy (non-hydrogen) atoms. The number of hydrogen-bond acceptors (Lipinski definition) is 2. The number of anilines is 1. The molecule has 6 heteroatoms. The van der Waals surface area contributed by atoms with E-state index in [-0.39, 0.29) is 11.6 Å². The Kier molecular flexibility index (Phi) is 3.56. The zero-order chi connectivity index (χ0) is 12.6. The van der Waals surface area contributed by atoms with Gasteiger partial charge >= 0.3 is 0 Å². The summed E-state index contributed by atoms with van der Waals surface area (Å²) in [6.45, 7) is 0.0885. The van der Waals surface area contributed by atoms with Gasteiger partial charge in [-0.1, -0.05) is 29.3 Å². The van der Waals surface area contributed by atoms with Crippen molar-refractivity contribution in [2.45, 2.75) is 0 Å². The van der Waals surface area contributed by atoms with Gasteiger partial charge in [0.2, 0.25) is 0 Å². The fourth-order valence-electron chi connectivity index (χ4n) is 1.65. The van der Waals surface area contributed by atoms with Gasteiger partial charge < -0.3 is 0 Å². The van der Waals surface area contributed by atoms with E-state index >= 15 is 0 Å². The molecule has 0 unspecified atom stereocenters. The van der Waals surface area contributed by atoms with E-state index in [2.05, 4.69) is 15.9 Å². The van der Waals surface area contributed by atoms with Crippen molar-refractivity contribution < 1.29 is 9.59 Å². The van der Waals surface area contributed by atoms with Gasteiger partial charge in [0.25, 0.3) is 11.7 Å². The Morgan fingerprint density at radius 2 is 2.12 bits per heavy atom. The van der Waals surface area contributed by atoms with Crippen LogP contribution in [0.2, 0.25) is 0 Å². The molecule has 2 rings (SSSR count). The molecule has 1 amide bonds. The summed E-state index contributed by atoms with van der Waals surface area (Å²) >= 11 is 14.6. The maximum absolute atomic E-state index is 11.8. The molecule has 1 heterocycles. The highest BCUT2D eigenvalue weighted by Gasteiger charge is 2.37. The van der Waals surface area contributed by atoms with Crippen LogP contribution >= 0.6 is 39.1 Å². The predicted molar refractivity (Wildman–Crippen MR) is 70.6 cm³/mol. The summed E-state index contributed by atoms with van der Waals surface area (Å²) in [6.07, 6.45) is 0. The molecule has 0 radical (unpaired) electrons. The summed E-state index contributed by atoms with van der Waals surface area (Å²) in [5.41, 5.74) is 2.09. The number of benzene rings is 1. The molecular weight excluding hydrogens is 329 g/mol. The van der Waals surface area contributed by atoms with Crippen molar-refractivity contribution in [3.63, 3.8) is 0 Å². The van der Waals surface area contributed by atoms with Crippen LogP contribution in [0, 0.1) is 0 Å². The number of Topliss-reactive ketones (excluding diaryl/α,β-unsaturated/α-hetero) is 1. The van der Waals surface area contributed by atoms with Gasteiger partial charge in [0, 0.05) is 15.0 Å². The Labute approximate surface area is 116 Å². The molecule has 0 spiro atoms. The lowest BCUT2D eigenvalue weighted by molar-refractivity contribution is -0.114. The number of hydrogen-bond donors (Lipinski definition) is 0.